The van der Waals surface area contributed by atoms with Gasteiger partial charge in [-0.1, -0.05) is 22.5 Å². The van der Waals surface area contributed by atoms with E-state index in [2.05, 4.69) is 4.83 Å². The molecule has 1 aromatic carbocycles. The van der Waals surface area contributed by atoms with Crippen LogP contribution in [0, 0.1) is 0 Å². The minimum Gasteiger partial charge on any atom is -0.399 e. The Balaban J connectivity index is 2.37. The zero-order chi connectivity index (χ0) is 13.9. The summed E-state index contributed by atoms with van der Waals surface area (Å²) in [6, 6.07) is 11.7. The molecule has 3 N–H and O–H groups in total. The van der Waals surface area contributed by atoms with E-state index < -0.39 is 10.0 Å². The fourth-order valence-electron chi connectivity index (χ4n) is 1.72. The summed E-state index contributed by atoms with van der Waals surface area (Å²) >= 11 is 0. The quantitative estimate of drug-likeness (QED) is 0.648. The number of nitrogen functional groups attached to an aromatic ring is 1. The van der Waals surface area contributed by atoms with Crippen molar-refractivity contribution in [3.63, 3.8) is 0 Å². The molecule has 0 saturated carbocycles. The Morgan fingerprint density at radius 2 is 2.00 bits per heavy atom. The third kappa shape index (κ3) is 3.03. The zero-order valence-corrected chi connectivity index (χ0v) is 11.4. The predicted molar refractivity (Wildman–Crippen MR) is 73.4 cm³/mol. The molecule has 1 heterocycles. The molecule has 0 unspecified atom stereocenters. The second-order valence-electron chi connectivity index (χ2n) is 4.08. The van der Waals surface area contributed by atoms with Crippen LogP contribution < -0.4 is 15.2 Å². The molecule has 0 radical (unpaired) electrons. The molecule has 19 heavy (non-hydrogen) atoms. The molecule has 0 aliphatic carbocycles. The summed E-state index contributed by atoms with van der Waals surface area (Å²) in [6.45, 7) is 1.96. The number of pyridine rings is 1. The van der Waals surface area contributed by atoms with E-state index in [1.807, 2.05) is 19.1 Å². The van der Waals surface area contributed by atoms with E-state index in [0.717, 1.165) is 12.1 Å². The standard InChI is InChI=1S/C13H16N3O2S/c1-2-12-7-3-4-9-16(12)15-19(17,18)13-8-5-6-11(14)10-13/h3-10,15H,2,14H2,1H3/q+1. The minimum absolute atomic E-state index is 0.144. The summed E-state index contributed by atoms with van der Waals surface area (Å²) in [5, 5.41) is 0. The fraction of sp³-hybridized carbons (Fsp3) is 0.154. The highest BCUT2D eigenvalue weighted by Gasteiger charge is 2.20. The van der Waals surface area contributed by atoms with Gasteiger partial charge in [0.1, 0.15) is 0 Å². The van der Waals surface area contributed by atoms with Crippen molar-refractivity contribution < 1.29 is 13.1 Å². The highest BCUT2D eigenvalue weighted by atomic mass is 32.2. The lowest BCUT2D eigenvalue weighted by molar-refractivity contribution is -0.644. The number of nitrogens with two attached hydrogens (primary N) is 1. The normalized spacial score (nSPS) is 11.2. The zero-order valence-electron chi connectivity index (χ0n) is 10.6. The highest BCUT2D eigenvalue weighted by Crippen LogP contribution is 2.12. The first-order valence-corrected chi connectivity index (χ1v) is 7.39. The third-order valence-corrected chi connectivity index (χ3v) is 4.01. The van der Waals surface area contributed by atoms with Gasteiger partial charge in [0, 0.05) is 24.2 Å². The Morgan fingerprint density at radius 3 is 2.68 bits per heavy atom. The molecule has 0 atom stereocenters. The molecule has 100 valence electrons. The Morgan fingerprint density at radius 1 is 1.21 bits per heavy atom. The number of aryl methyl sites for hydroxylation is 1. The second kappa shape index (κ2) is 5.27. The van der Waals surface area contributed by atoms with Crippen LogP contribution in [0.4, 0.5) is 5.69 Å². The van der Waals surface area contributed by atoms with Crippen molar-refractivity contribution in [3.05, 3.63) is 54.4 Å². The molecular weight excluding hydrogens is 262 g/mol. The van der Waals surface area contributed by atoms with Crippen LogP contribution in [0.25, 0.3) is 0 Å². The molecule has 1 aromatic heterocycles. The molecule has 2 aromatic rings. The van der Waals surface area contributed by atoms with Gasteiger partial charge in [-0.25, -0.2) is 0 Å². The number of nitrogens with zero attached hydrogens (tertiary/aromatic N) is 1. The van der Waals surface area contributed by atoms with Crippen molar-refractivity contribution >= 4 is 15.7 Å². The van der Waals surface area contributed by atoms with Crippen LogP contribution in [0.5, 0.6) is 0 Å². The van der Waals surface area contributed by atoms with Crippen LogP contribution in [-0.2, 0) is 16.4 Å². The van der Waals surface area contributed by atoms with Crippen LogP contribution in [0.2, 0.25) is 0 Å². The number of benzene rings is 1. The second-order valence-corrected chi connectivity index (χ2v) is 5.74. The number of hydrogen-bond acceptors (Lipinski definition) is 3. The lowest BCUT2D eigenvalue weighted by atomic mass is 10.3. The Bertz CT molecular complexity index is 684. The van der Waals surface area contributed by atoms with Crippen LogP contribution >= 0.6 is 0 Å². The van der Waals surface area contributed by atoms with Crippen molar-refractivity contribution in [1.29, 1.82) is 0 Å². The molecule has 0 fully saturated rings. The van der Waals surface area contributed by atoms with Crippen molar-refractivity contribution in [2.45, 2.75) is 18.2 Å². The van der Waals surface area contributed by atoms with E-state index in [9.17, 15) is 8.42 Å². The maximum Gasteiger partial charge on any atom is 0.306 e. The minimum atomic E-state index is -3.64. The number of rotatable bonds is 4. The molecule has 0 amide bonds. The summed E-state index contributed by atoms with van der Waals surface area (Å²) < 4.78 is 26.0. The molecule has 0 aliphatic rings. The van der Waals surface area contributed by atoms with Crippen molar-refractivity contribution in [1.82, 2.24) is 0 Å². The third-order valence-electron chi connectivity index (χ3n) is 2.69. The van der Waals surface area contributed by atoms with Gasteiger partial charge in [0.25, 0.3) is 0 Å². The molecule has 5 nitrogen and oxygen atoms in total. The number of aromatic nitrogens is 1. The van der Waals surface area contributed by atoms with E-state index in [1.165, 1.54) is 16.8 Å². The van der Waals surface area contributed by atoms with Gasteiger partial charge in [-0.15, -0.1) is 0 Å². The van der Waals surface area contributed by atoms with E-state index in [0.29, 0.717) is 5.69 Å². The van der Waals surface area contributed by atoms with Gasteiger partial charge in [-0.3, -0.25) is 0 Å². The molecule has 6 heteroatoms. The summed E-state index contributed by atoms with van der Waals surface area (Å²) in [5.74, 6) is 0. The molecule has 0 aliphatic heterocycles. The predicted octanol–water partition coefficient (Wildman–Crippen LogP) is 1.05. The van der Waals surface area contributed by atoms with Gasteiger partial charge in [0.2, 0.25) is 11.9 Å². The van der Waals surface area contributed by atoms with Crippen LogP contribution in [-0.4, -0.2) is 8.42 Å². The van der Waals surface area contributed by atoms with Crippen LogP contribution in [0.15, 0.2) is 53.6 Å². The number of sulfonamides is 1. The Kier molecular flexibility index (Phi) is 3.71. The number of hydrogen-bond donors (Lipinski definition) is 2. The Hall–Kier alpha value is -2.08. The van der Waals surface area contributed by atoms with Gasteiger partial charge in [-0.2, -0.15) is 8.42 Å². The topological polar surface area (TPSA) is 76.1 Å². The van der Waals surface area contributed by atoms with Crippen LogP contribution in [0.1, 0.15) is 12.6 Å². The summed E-state index contributed by atoms with van der Waals surface area (Å²) in [4.78, 5) is 2.66. The molecular formula is C13H16N3O2S+. The van der Waals surface area contributed by atoms with Gasteiger partial charge in [0.05, 0.1) is 4.90 Å². The molecule has 2 rings (SSSR count). The first-order valence-electron chi connectivity index (χ1n) is 5.91. The van der Waals surface area contributed by atoms with E-state index in [4.69, 9.17) is 5.73 Å². The first-order chi connectivity index (χ1) is 9.03. The fourth-order valence-corrected chi connectivity index (χ4v) is 2.81. The van der Waals surface area contributed by atoms with Crippen molar-refractivity contribution in [3.8, 4) is 0 Å². The Labute approximate surface area is 112 Å². The van der Waals surface area contributed by atoms with Crippen molar-refractivity contribution in [2.24, 2.45) is 0 Å². The summed E-state index contributed by atoms with van der Waals surface area (Å²) in [7, 11) is -3.64. The van der Waals surface area contributed by atoms with Gasteiger partial charge < -0.3 is 5.73 Å². The van der Waals surface area contributed by atoms with E-state index >= 15 is 0 Å². The van der Waals surface area contributed by atoms with Gasteiger partial charge in [0.15, 0.2) is 0 Å². The monoisotopic (exact) mass is 278 g/mol. The largest absolute Gasteiger partial charge is 0.399 e. The lowest BCUT2D eigenvalue weighted by Crippen LogP contribution is -2.50. The highest BCUT2D eigenvalue weighted by molar-refractivity contribution is 7.92. The maximum absolute atomic E-state index is 12.2. The molecule has 0 spiro atoms. The van der Waals surface area contributed by atoms with E-state index in [-0.39, 0.29) is 4.90 Å². The van der Waals surface area contributed by atoms with Crippen LogP contribution in [0.3, 0.4) is 0 Å². The number of nitrogens with one attached hydrogen (secondary N) is 1. The smallest absolute Gasteiger partial charge is 0.306 e. The van der Waals surface area contributed by atoms with Crippen molar-refractivity contribution in [2.75, 3.05) is 10.6 Å². The summed E-state index contributed by atoms with van der Waals surface area (Å²) in [5.41, 5.74) is 6.89. The average molecular weight is 278 g/mol. The van der Waals surface area contributed by atoms with Gasteiger partial charge in [-0.05, 0) is 24.3 Å². The summed E-state index contributed by atoms with van der Waals surface area (Å²) in [6.07, 6.45) is 2.39. The molecule has 0 bridgehead atoms. The molecule has 0 saturated heterocycles. The van der Waals surface area contributed by atoms with Gasteiger partial charge >= 0.3 is 10.0 Å². The maximum atomic E-state index is 12.2. The van der Waals surface area contributed by atoms with E-state index in [1.54, 1.807) is 24.4 Å². The number of anilines is 1. The SMILES string of the molecule is CCc1cccc[n+]1NS(=O)(=O)c1cccc(N)c1. The average Bonchev–Trinajstić information content (AvgIpc) is 2.39. The first kappa shape index (κ1) is 13.4. The lowest BCUT2D eigenvalue weighted by Gasteiger charge is -2.05.